The summed E-state index contributed by atoms with van der Waals surface area (Å²) in [7, 11) is -3.08. The van der Waals surface area contributed by atoms with Crippen LogP contribution in [0.1, 0.15) is 16.8 Å². The van der Waals surface area contributed by atoms with E-state index in [1.165, 1.54) is 0 Å². The van der Waals surface area contributed by atoms with E-state index in [2.05, 4.69) is 10.4 Å². The molecular formula is C20H18ClN3O3S. The van der Waals surface area contributed by atoms with E-state index in [4.69, 9.17) is 11.6 Å². The van der Waals surface area contributed by atoms with Crippen LogP contribution in [0.5, 0.6) is 0 Å². The topological polar surface area (TPSA) is 81.1 Å². The average Bonchev–Trinajstić information content (AvgIpc) is 3.27. The molecule has 1 atom stereocenters. The minimum atomic E-state index is -3.08. The number of hydrogen-bond acceptors (Lipinski definition) is 4. The Balaban J connectivity index is 1.71. The Bertz CT molecular complexity index is 1110. The molecule has 1 amide bonds. The Labute approximate surface area is 168 Å². The van der Waals surface area contributed by atoms with Gasteiger partial charge in [0.2, 0.25) is 0 Å². The fourth-order valence-electron chi connectivity index (χ4n) is 3.25. The van der Waals surface area contributed by atoms with E-state index in [0.717, 1.165) is 11.3 Å². The summed E-state index contributed by atoms with van der Waals surface area (Å²) >= 11 is 5.98. The first-order valence-electron chi connectivity index (χ1n) is 8.84. The van der Waals surface area contributed by atoms with Crippen molar-refractivity contribution in [2.75, 3.05) is 11.5 Å². The molecule has 0 aliphatic carbocycles. The molecule has 6 nitrogen and oxygen atoms in total. The maximum atomic E-state index is 12.9. The van der Waals surface area contributed by atoms with Gasteiger partial charge in [-0.05, 0) is 30.7 Å². The maximum Gasteiger partial charge on any atom is 0.255 e. The lowest BCUT2D eigenvalue weighted by Gasteiger charge is -2.10. The van der Waals surface area contributed by atoms with Crippen LogP contribution in [0.15, 0.2) is 60.8 Å². The SMILES string of the molecule is O=C(NC1CCS(=O)(=O)C1)c1cn(-c2ccccc2)nc1-c1ccc(Cl)cc1. The van der Waals surface area contributed by atoms with Gasteiger partial charge in [-0.2, -0.15) is 5.10 Å². The molecule has 1 aromatic heterocycles. The molecular weight excluding hydrogens is 398 g/mol. The predicted molar refractivity (Wildman–Crippen MR) is 109 cm³/mol. The van der Waals surface area contributed by atoms with Crippen LogP contribution >= 0.6 is 11.6 Å². The largest absolute Gasteiger partial charge is 0.348 e. The second kappa shape index (κ2) is 7.41. The number of sulfone groups is 1. The average molecular weight is 416 g/mol. The second-order valence-electron chi connectivity index (χ2n) is 6.75. The third kappa shape index (κ3) is 3.95. The van der Waals surface area contributed by atoms with Gasteiger partial charge in [0.1, 0.15) is 5.69 Å². The molecule has 28 heavy (non-hydrogen) atoms. The monoisotopic (exact) mass is 415 g/mol. The number of amides is 1. The molecule has 2 aromatic carbocycles. The van der Waals surface area contributed by atoms with Crippen molar-refractivity contribution in [1.82, 2.24) is 15.1 Å². The first kappa shape index (κ1) is 18.7. The molecule has 2 heterocycles. The molecule has 144 valence electrons. The summed E-state index contributed by atoms with van der Waals surface area (Å²) in [6, 6.07) is 16.2. The summed E-state index contributed by atoms with van der Waals surface area (Å²) in [6.07, 6.45) is 2.09. The molecule has 8 heteroatoms. The Morgan fingerprint density at radius 3 is 2.46 bits per heavy atom. The van der Waals surface area contributed by atoms with Gasteiger partial charge in [-0.25, -0.2) is 13.1 Å². The standard InChI is InChI=1S/C20H18ClN3O3S/c21-15-8-6-14(7-9-15)19-18(12-24(23-19)17-4-2-1-3-5-17)20(25)22-16-10-11-28(26,27)13-16/h1-9,12,16H,10-11,13H2,(H,22,25). The number of rotatable bonds is 4. The van der Waals surface area contributed by atoms with Crippen LogP contribution in [0.25, 0.3) is 16.9 Å². The summed E-state index contributed by atoms with van der Waals surface area (Å²) in [5.41, 5.74) is 2.47. The highest BCUT2D eigenvalue weighted by atomic mass is 35.5. The van der Waals surface area contributed by atoms with Crippen molar-refractivity contribution in [2.24, 2.45) is 0 Å². The Kier molecular flexibility index (Phi) is 4.95. The number of aromatic nitrogens is 2. The molecule has 1 N–H and O–H groups in total. The number of carbonyl (C=O) groups is 1. The molecule has 0 radical (unpaired) electrons. The van der Waals surface area contributed by atoms with Crippen molar-refractivity contribution in [1.29, 1.82) is 0 Å². The van der Waals surface area contributed by atoms with Gasteiger partial charge in [0.15, 0.2) is 9.84 Å². The van der Waals surface area contributed by atoms with Gasteiger partial charge in [-0.15, -0.1) is 0 Å². The summed E-state index contributed by atoms with van der Waals surface area (Å²) in [5, 5.41) is 8.03. The van der Waals surface area contributed by atoms with Gasteiger partial charge in [-0.3, -0.25) is 4.79 Å². The third-order valence-electron chi connectivity index (χ3n) is 4.66. The van der Waals surface area contributed by atoms with Gasteiger partial charge in [0.25, 0.3) is 5.91 Å². The summed E-state index contributed by atoms with van der Waals surface area (Å²) < 4.78 is 25.0. The van der Waals surface area contributed by atoms with E-state index in [0.29, 0.717) is 22.7 Å². The quantitative estimate of drug-likeness (QED) is 0.709. The molecule has 1 unspecified atom stereocenters. The van der Waals surface area contributed by atoms with E-state index in [1.807, 2.05) is 30.3 Å². The van der Waals surface area contributed by atoms with Crippen molar-refractivity contribution in [3.05, 3.63) is 71.4 Å². The van der Waals surface area contributed by atoms with Crippen LogP contribution in [-0.2, 0) is 9.84 Å². The summed E-state index contributed by atoms with van der Waals surface area (Å²) in [5.74, 6) is -0.262. The molecule has 1 saturated heterocycles. The summed E-state index contributed by atoms with van der Waals surface area (Å²) in [6.45, 7) is 0. The van der Waals surface area contributed by atoms with E-state index in [9.17, 15) is 13.2 Å². The number of halogens is 1. The maximum absolute atomic E-state index is 12.9. The van der Waals surface area contributed by atoms with Crippen LogP contribution < -0.4 is 5.32 Å². The van der Waals surface area contributed by atoms with Crippen LogP contribution in [0.2, 0.25) is 5.02 Å². The number of para-hydroxylation sites is 1. The lowest BCUT2D eigenvalue weighted by atomic mass is 10.1. The van der Waals surface area contributed by atoms with E-state index in [1.54, 1.807) is 35.1 Å². The van der Waals surface area contributed by atoms with E-state index >= 15 is 0 Å². The zero-order valence-electron chi connectivity index (χ0n) is 14.9. The Hall–Kier alpha value is -2.64. The normalized spacial score (nSPS) is 18.1. The van der Waals surface area contributed by atoms with Crippen LogP contribution in [-0.4, -0.2) is 41.7 Å². The lowest BCUT2D eigenvalue weighted by Crippen LogP contribution is -2.35. The zero-order valence-corrected chi connectivity index (χ0v) is 16.4. The number of hydrogen-bond donors (Lipinski definition) is 1. The zero-order chi connectivity index (χ0) is 19.7. The minimum Gasteiger partial charge on any atom is -0.348 e. The van der Waals surface area contributed by atoms with Gasteiger partial charge >= 0.3 is 0 Å². The molecule has 1 fully saturated rings. The second-order valence-corrected chi connectivity index (χ2v) is 9.42. The van der Waals surface area contributed by atoms with E-state index in [-0.39, 0.29) is 23.5 Å². The van der Waals surface area contributed by atoms with Crippen LogP contribution in [0, 0.1) is 0 Å². The lowest BCUT2D eigenvalue weighted by molar-refractivity contribution is 0.0942. The Morgan fingerprint density at radius 1 is 1.11 bits per heavy atom. The third-order valence-corrected chi connectivity index (χ3v) is 6.68. The van der Waals surface area contributed by atoms with Crippen molar-refractivity contribution in [3.63, 3.8) is 0 Å². The smallest absolute Gasteiger partial charge is 0.255 e. The first-order chi connectivity index (χ1) is 13.4. The molecule has 1 aliphatic rings. The molecule has 0 saturated carbocycles. The molecule has 3 aromatic rings. The fourth-order valence-corrected chi connectivity index (χ4v) is 5.05. The highest BCUT2D eigenvalue weighted by molar-refractivity contribution is 7.91. The van der Waals surface area contributed by atoms with Crippen molar-refractivity contribution in [2.45, 2.75) is 12.5 Å². The number of carbonyl (C=O) groups excluding carboxylic acids is 1. The minimum absolute atomic E-state index is 0.0260. The predicted octanol–water partition coefficient (Wildman–Crippen LogP) is 3.11. The van der Waals surface area contributed by atoms with Gasteiger partial charge in [-0.1, -0.05) is 41.9 Å². The molecule has 4 rings (SSSR count). The number of benzene rings is 2. The number of nitrogens with zero attached hydrogens (tertiary/aromatic N) is 2. The van der Waals surface area contributed by atoms with Gasteiger partial charge < -0.3 is 5.32 Å². The Morgan fingerprint density at radius 2 is 1.82 bits per heavy atom. The summed E-state index contributed by atoms with van der Waals surface area (Å²) in [4.78, 5) is 12.9. The van der Waals surface area contributed by atoms with Crippen molar-refractivity contribution >= 4 is 27.3 Å². The number of nitrogens with one attached hydrogen (secondary N) is 1. The van der Waals surface area contributed by atoms with Crippen LogP contribution in [0.3, 0.4) is 0 Å². The van der Waals surface area contributed by atoms with E-state index < -0.39 is 9.84 Å². The molecule has 0 spiro atoms. The van der Waals surface area contributed by atoms with Gasteiger partial charge in [0.05, 0.1) is 22.8 Å². The van der Waals surface area contributed by atoms with Crippen molar-refractivity contribution in [3.8, 4) is 16.9 Å². The fraction of sp³-hybridized carbons (Fsp3) is 0.200. The molecule has 0 bridgehead atoms. The highest BCUT2D eigenvalue weighted by Gasteiger charge is 2.30. The van der Waals surface area contributed by atoms with Gasteiger partial charge in [0, 0.05) is 22.8 Å². The highest BCUT2D eigenvalue weighted by Crippen LogP contribution is 2.26. The van der Waals surface area contributed by atoms with Crippen LogP contribution in [0.4, 0.5) is 0 Å². The molecule has 1 aliphatic heterocycles. The first-order valence-corrected chi connectivity index (χ1v) is 11.0. The van der Waals surface area contributed by atoms with Crippen molar-refractivity contribution < 1.29 is 13.2 Å².